The molecule has 1 saturated carbocycles. The minimum Gasteiger partial charge on any atom is -0.497 e. The predicted molar refractivity (Wildman–Crippen MR) is 94.6 cm³/mol. The van der Waals surface area contributed by atoms with Crippen LogP contribution >= 0.6 is 11.6 Å². The number of ether oxygens (including phenoxy) is 2. The molecule has 0 amide bonds. The van der Waals surface area contributed by atoms with Gasteiger partial charge in [-0.1, -0.05) is 29.8 Å². The van der Waals surface area contributed by atoms with E-state index in [0.29, 0.717) is 35.6 Å². The zero-order valence-electron chi connectivity index (χ0n) is 14.3. The average molecular weight is 367 g/mol. The molecule has 0 spiro atoms. The molecule has 0 aliphatic heterocycles. The third kappa shape index (κ3) is 3.65. The van der Waals surface area contributed by atoms with Crippen molar-refractivity contribution >= 4 is 11.6 Å². The summed E-state index contributed by atoms with van der Waals surface area (Å²) < 4.78 is 38.1. The van der Waals surface area contributed by atoms with Crippen LogP contribution in [-0.2, 0) is 23.4 Å². The molecule has 5 heteroatoms. The molecule has 25 heavy (non-hydrogen) atoms. The molecule has 0 aromatic heterocycles. The molecule has 0 unspecified atom stereocenters. The van der Waals surface area contributed by atoms with Crippen molar-refractivity contribution in [3.05, 3.63) is 63.7 Å². The summed E-state index contributed by atoms with van der Waals surface area (Å²) in [6.45, 7) is 2.47. The summed E-state index contributed by atoms with van der Waals surface area (Å²) in [5, 5.41) is 0.488. The Morgan fingerprint density at radius 2 is 1.76 bits per heavy atom. The number of rotatable bonds is 7. The summed E-state index contributed by atoms with van der Waals surface area (Å²) in [6, 6.07) is 11.1. The highest BCUT2D eigenvalue weighted by molar-refractivity contribution is 6.31. The van der Waals surface area contributed by atoms with Gasteiger partial charge in [-0.25, -0.2) is 8.78 Å². The maximum atomic E-state index is 13.6. The Labute approximate surface area is 151 Å². The highest BCUT2D eigenvalue weighted by Crippen LogP contribution is 2.55. The van der Waals surface area contributed by atoms with Crippen molar-refractivity contribution in [1.29, 1.82) is 0 Å². The quantitative estimate of drug-likeness (QED) is 0.628. The third-order valence-corrected chi connectivity index (χ3v) is 5.20. The summed E-state index contributed by atoms with van der Waals surface area (Å²) in [5.41, 5.74) is 2.15. The summed E-state index contributed by atoms with van der Waals surface area (Å²) in [7, 11) is 1.61. The van der Waals surface area contributed by atoms with Crippen LogP contribution in [0.3, 0.4) is 0 Å². The number of aryl methyl sites for hydroxylation is 1. The fourth-order valence-electron chi connectivity index (χ4n) is 3.28. The lowest BCUT2D eigenvalue weighted by Crippen LogP contribution is -2.21. The Bertz CT molecular complexity index is 740. The SMILES string of the molecule is COc1ccc(COCc2c(Cl)ccc(C)c2C2(C(F)F)CC2)cc1. The fourth-order valence-corrected chi connectivity index (χ4v) is 3.49. The molecule has 2 aromatic carbocycles. The molecule has 0 atom stereocenters. The van der Waals surface area contributed by atoms with E-state index in [-0.39, 0.29) is 6.61 Å². The summed E-state index contributed by atoms with van der Waals surface area (Å²) in [5.74, 6) is 0.778. The Hall–Kier alpha value is -1.65. The molecule has 0 heterocycles. The lowest BCUT2D eigenvalue weighted by Gasteiger charge is -2.22. The molecule has 1 aliphatic rings. The topological polar surface area (TPSA) is 18.5 Å². The van der Waals surface area contributed by atoms with Crippen molar-refractivity contribution in [3.63, 3.8) is 0 Å². The fraction of sp³-hybridized carbons (Fsp3) is 0.400. The Morgan fingerprint density at radius 3 is 2.32 bits per heavy atom. The van der Waals surface area contributed by atoms with E-state index in [9.17, 15) is 8.78 Å². The Balaban J connectivity index is 1.77. The van der Waals surface area contributed by atoms with Crippen LogP contribution in [0.15, 0.2) is 36.4 Å². The first-order valence-electron chi connectivity index (χ1n) is 8.25. The number of halogens is 3. The first-order chi connectivity index (χ1) is 12.0. The van der Waals surface area contributed by atoms with Crippen LogP contribution in [0.4, 0.5) is 8.78 Å². The van der Waals surface area contributed by atoms with Gasteiger partial charge in [-0.2, -0.15) is 0 Å². The van der Waals surface area contributed by atoms with E-state index in [1.54, 1.807) is 13.2 Å². The zero-order valence-corrected chi connectivity index (χ0v) is 15.1. The van der Waals surface area contributed by atoms with E-state index in [1.165, 1.54) is 0 Å². The van der Waals surface area contributed by atoms with E-state index in [4.69, 9.17) is 21.1 Å². The third-order valence-electron chi connectivity index (χ3n) is 4.84. The van der Waals surface area contributed by atoms with E-state index in [1.807, 2.05) is 37.3 Å². The zero-order chi connectivity index (χ0) is 18.0. The maximum Gasteiger partial charge on any atom is 0.248 e. The van der Waals surface area contributed by atoms with E-state index in [0.717, 1.165) is 16.9 Å². The van der Waals surface area contributed by atoms with Gasteiger partial charge in [0.25, 0.3) is 0 Å². The van der Waals surface area contributed by atoms with Crippen LogP contribution in [0.5, 0.6) is 5.75 Å². The summed E-state index contributed by atoms with van der Waals surface area (Å²) >= 11 is 6.32. The van der Waals surface area contributed by atoms with Gasteiger partial charge in [0.1, 0.15) is 5.75 Å². The highest BCUT2D eigenvalue weighted by atomic mass is 35.5. The van der Waals surface area contributed by atoms with Gasteiger partial charge in [-0.3, -0.25) is 0 Å². The summed E-state index contributed by atoms with van der Waals surface area (Å²) in [4.78, 5) is 0. The van der Waals surface area contributed by atoms with E-state index >= 15 is 0 Å². The average Bonchev–Trinajstić information content (AvgIpc) is 3.40. The molecule has 134 valence electrons. The second kappa shape index (κ2) is 7.30. The molecule has 0 bridgehead atoms. The number of hydrogen-bond acceptors (Lipinski definition) is 2. The van der Waals surface area contributed by atoms with Gasteiger partial charge >= 0.3 is 0 Å². The second-order valence-corrected chi connectivity index (χ2v) is 6.92. The van der Waals surface area contributed by atoms with Gasteiger partial charge < -0.3 is 9.47 Å². The van der Waals surface area contributed by atoms with E-state index in [2.05, 4.69) is 0 Å². The van der Waals surface area contributed by atoms with Gasteiger partial charge in [0.2, 0.25) is 6.43 Å². The van der Waals surface area contributed by atoms with Crippen molar-refractivity contribution in [1.82, 2.24) is 0 Å². The number of alkyl halides is 2. The first-order valence-corrected chi connectivity index (χ1v) is 8.63. The second-order valence-electron chi connectivity index (χ2n) is 6.52. The van der Waals surface area contributed by atoms with Crippen molar-refractivity contribution < 1.29 is 18.3 Å². The lowest BCUT2D eigenvalue weighted by molar-refractivity contribution is 0.0920. The molecule has 1 aliphatic carbocycles. The molecule has 3 rings (SSSR count). The van der Waals surface area contributed by atoms with Gasteiger partial charge in [-0.05, 0) is 54.7 Å². The standard InChI is InChI=1S/C20H21ClF2O2/c1-13-3-8-17(21)16(18(13)20(9-10-20)19(22)23)12-25-11-14-4-6-15(24-2)7-5-14/h3-8,19H,9-12H2,1-2H3. The van der Waals surface area contributed by atoms with Gasteiger partial charge in [0, 0.05) is 10.6 Å². The van der Waals surface area contributed by atoms with Crippen LogP contribution in [0.1, 0.15) is 35.1 Å². The molecule has 0 radical (unpaired) electrons. The maximum absolute atomic E-state index is 13.6. The number of benzene rings is 2. The molecule has 2 aromatic rings. The molecule has 1 fully saturated rings. The van der Waals surface area contributed by atoms with Crippen LogP contribution in [0, 0.1) is 6.92 Å². The minimum atomic E-state index is -2.38. The van der Waals surface area contributed by atoms with Crippen LogP contribution in [0.25, 0.3) is 0 Å². The Kier molecular flexibility index (Phi) is 5.30. The van der Waals surface area contributed by atoms with Crippen LogP contribution in [-0.4, -0.2) is 13.5 Å². The van der Waals surface area contributed by atoms with Gasteiger partial charge in [0.05, 0.1) is 25.7 Å². The monoisotopic (exact) mass is 366 g/mol. The minimum absolute atomic E-state index is 0.219. The molecule has 2 nitrogen and oxygen atoms in total. The van der Waals surface area contributed by atoms with Crippen molar-refractivity contribution in [2.45, 2.75) is 44.8 Å². The van der Waals surface area contributed by atoms with Crippen molar-refractivity contribution in [2.75, 3.05) is 7.11 Å². The molecular weight excluding hydrogens is 346 g/mol. The number of hydrogen-bond donors (Lipinski definition) is 0. The predicted octanol–water partition coefficient (Wildman–Crippen LogP) is 5.67. The van der Waals surface area contributed by atoms with Crippen LogP contribution < -0.4 is 4.74 Å². The first kappa shape index (κ1) is 18.2. The van der Waals surface area contributed by atoms with Crippen molar-refractivity contribution in [3.8, 4) is 5.75 Å². The Morgan fingerprint density at radius 1 is 1.08 bits per heavy atom. The largest absolute Gasteiger partial charge is 0.497 e. The van der Waals surface area contributed by atoms with Gasteiger partial charge in [0.15, 0.2) is 0 Å². The van der Waals surface area contributed by atoms with E-state index < -0.39 is 11.8 Å². The van der Waals surface area contributed by atoms with Crippen LogP contribution in [0.2, 0.25) is 5.02 Å². The normalized spacial score (nSPS) is 15.4. The smallest absolute Gasteiger partial charge is 0.248 e. The molecular formula is C20H21ClF2O2. The molecule has 0 N–H and O–H groups in total. The number of methoxy groups -OCH3 is 1. The van der Waals surface area contributed by atoms with Crippen molar-refractivity contribution in [2.24, 2.45) is 0 Å². The van der Waals surface area contributed by atoms with Gasteiger partial charge in [-0.15, -0.1) is 0 Å². The lowest BCUT2D eigenvalue weighted by atomic mass is 9.88. The molecule has 0 saturated heterocycles. The summed E-state index contributed by atoms with van der Waals surface area (Å²) in [6.07, 6.45) is -1.39. The highest BCUT2D eigenvalue weighted by Gasteiger charge is 2.54.